The molecule has 6 heteroatoms. The molecule has 1 aliphatic heterocycles. The van der Waals surface area contributed by atoms with Crippen LogP contribution in [0.3, 0.4) is 0 Å². The van der Waals surface area contributed by atoms with E-state index in [1.807, 2.05) is 6.07 Å². The van der Waals surface area contributed by atoms with Gasteiger partial charge in [-0.2, -0.15) is 0 Å². The lowest BCUT2D eigenvalue weighted by atomic mass is 10.1. The van der Waals surface area contributed by atoms with Crippen LogP contribution < -0.4 is 0 Å². The number of thiophene rings is 1. The van der Waals surface area contributed by atoms with E-state index in [0.717, 1.165) is 67.9 Å². The second-order valence-corrected chi connectivity index (χ2v) is 13.1. The Kier molecular flexibility index (Phi) is 9.03. The van der Waals surface area contributed by atoms with E-state index < -0.39 is 0 Å². The summed E-state index contributed by atoms with van der Waals surface area (Å²) in [5.74, 6) is 2.31. The molecule has 39 heavy (non-hydrogen) atoms. The molecular formula is C33H44N4OS. The predicted octanol–water partition coefficient (Wildman–Crippen LogP) is 7.94. The highest BCUT2D eigenvalue weighted by Crippen LogP contribution is 2.35. The summed E-state index contributed by atoms with van der Waals surface area (Å²) in [6, 6.07) is 17.0. The van der Waals surface area contributed by atoms with Crippen molar-refractivity contribution in [3.8, 4) is 10.7 Å². The lowest BCUT2D eigenvalue weighted by Crippen LogP contribution is -2.34. The zero-order chi connectivity index (χ0) is 27.4. The minimum atomic E-state index is 0.145. The lowest BCUT2D eigenvalue weighted by molar-refractivity contribution is 0.0741. The third-order valence-electron chi connectivity index (χ3n) is 7.94. The van der Waals surface area contributed by atoms with E-state index in [9.17, 15) is 4.79 Å². The number of likely N-dealkylation sites (tertiary alicyclic amines) is 1. The van der Waals surface area contributed by atoms with E-state index in [1.165, 1.54) is 40.9 Å². The van der Waals surface area contributed by atoms with Gasteiger partial charge in [-0.3, -0.25) is 4.79 Å². The summed E-state index contributed by atoms with van der Waals surface area (Å²) >= 11 is 1.80. The Morgan fingerprint density at radius 3 is 2.36 bits per heavy atom. The van der Waals surface area contributed by atoms with Gasteiger partial charge < -0.3 is 14.4 Å². The number of benzene rings is 2. The molecule has 1 amide bonds. The molecule has 1 aliphatic rings. The van der Waals surface area contributed by atoms with Gasteiger partial charge in [-0.1, -0.05) is 45.9 Å². The molecule has 208 valence electrons. The Morgan fingerprint density at radius 1 is 0.949 bits per heavy atom. The average molecular weight is 545 g/mol. The van der Waals surface area contributed by atoms with Gasteiger partial charge in [0.05, 0.1) is 15.9 Å². The highest BCUT2D eigenvalue weighted by Gasteiger charge is 2.21. The Bertz CT molecular complexity index is 1350. The Morgan fingerprint density at radius 2 is 1.67 bits per heavy atom. The van der Waals surface area contributed by atoms with Crippen LogP contribution in [0.4, 0.5) is 0 Å². The second kappa shape index (κ2) is 12.6. The summed E-state index contributed by atoms with van der Waals surface area (Å²) in [7, 11) is 0. The summed E-state index contributed by atoms with van der Waals surface area (Å²) in [6.07, 6.45) is 5.76. The SMILES string of the molecule is CC(C)CCN(CCC(C)C)C(=O)c1ccc2nc(-c3cc4ccccc4s3)n(CCCN3CCCC3)c2c1. The minimum Gasteiger partial charge on any atom is -0.339 e. The van der Waals surface area contributed by atoms with Gasteiger partial charge in [0.15, 0.2) is 5.82 Å². The summed E-state index contributed by atoms with van der Waals surface area (Å²) < 4.78 is 3.66. The lowest BCUT2D eigenvalue weighted by Gasteiger charge is -2.25. The summed E-state index contributed by atoms with van der Waals surface area (Å²) in [4.78, 5) is 24.8. The fraction of sp³-hybridized carbons (Fsp3) is 0.515. The quantitative estimate of drug-likeness (QED) is 0.182. The summed E-state index contributed by atoms with van der Waals surface area (Å²) in [5.41, 5.74) is 2.82. The number of carbonyl (C=O) groups is 1. The molecule has 3 heterocycles. The zero-order valence-electron chi connectivity index (χ0n) is 24.2. The zero-order valence-corrected chi connectivity index (χ0v) is 25.0. The Labute approximate surface area is 237 Å². The minimum absolute atomic E-state index is 0.145. The fourth-order valence-corrected chi connectivity index (χ4v) is 6.61. The van der Waals surface area contributed by atoms with Gasteiger partial charge in [-0.25, -0.2) is 4.98 Å². The van der Waals surface area contributed by atoms with Crippen LogP contribution in [0.25, 0.3) is 31.8 Å². The standard InChI is InChI=1S/C33H44N4OS/c1-24(2)14-20-36(21-15-25(3)4)33(38)27-12-13-28-29(22-27)37(19-9-18-35-16-7-8-17-35)32(34-28)31-23-26-10-5-6-11-30(26)39-31/h5-6,10-13,22-25H,7-9,14-21H2,1-4H3. The van der Waals surface area contributed by atoms with Crippen molar-refractivity contribution < 1.29 is 4.79 Å². The van der Waals surface area contributed by atoms with E-state index in [1.54, 1.807) is 11.3 Å². The number of hydrogen-bond donors (Lipinski definition) is 0. The van der Waals surface area contributed by atoms with Crippen molar-refractivity contribution in [2.75, 3.05) is 32.7 Å². The Hall–Kier alpha value is -2.70. The third-order valence-corrected chi connectivity index (χ3v) is 9.05. The number of aromatic nitrogens is 2. The smallest absolute Gasteiger partial charge is 0.253 e. The number of amides is 1. The van der Waals surface area contributed by atoms with E-state index in [4.69, 9.17) is 4.98 Å². The van der Waals surface area contributed by atoms with Crippen LogP contribution in [0, 0.1) is 11.8 Å². The van der Waals surface area contributed by atoms with Crippen molar-refractivity contribution >= 4 is 38.4 Å². The number of carbonyl (C=O) groups excluding carboxylic acids is 1. The molecule has 0 unspecified atom stereocenters. The monoisotopic (exact) mass is 544 g/mol. The highest BCUT2D eigenvalue weighted by molar-refractivity contribution is 7.22. The Balaban J connectivity index is 1.48. The summed E-state index contributed by atoms with van der Waals surface area (Å²) in [6.45, 7) is 15.0. The number of rotatable bonds is 12. The molecular weight excluding hydrogens is 500 g/mol. The number of imidazole rings is 1. The van der Waals surface area contributed by atoms with Crippen LogP contribution in [0.15, 0.2) is 48.5 Å². The van der Waals surface area contributed by atoms with Crippen molar-refractivity contribution in [2.45, 2.75) is 66.3 Å². The van der Waals surface area contributed by atoms with Gasteiger partial charge >= 0.3 is 0 Å². The van der Waals surface area contributed by atoms with Gasteiger partial charge in [0.25, 0.3) is 5.91 Å². The third kappa shape index (κ3) is 6.72. The maximum Gasteiger partial charge on any atom is 0.253 e. The number of hydrogen-bond acceptors (Lipinski definition) is 4. The normalized spacial score (nSPS) is 14.4. The molecule has 4 aromatic rings. The van der Waals surface area contributed by atoms with Crippen molar-refractivity contribution in [3.63, 3.8) is 0 Å². The molecule has 5 rings (SSSR count). The molecule has 2 aromatic carbocycles. The maximum atomic E-state index is 13.8. The molecule has 0 N–H and O–H groups in total. The number of fused-ring (bicyclic) bond motifs is 2. The van der Waals surface area contributed by atoms with Gasteiger partial charge in [0, 0.05) is 29.9 Å². The average Bonchev–Trinajstić information content (AvgIpc) is 3.66. The number of nitrogens with zero attached hydrogens (tertiary/aromatic N) is 4. The first kappa shape index (κ1) is 27.9. The molecule has 0 spiro atoms. The van der Waals surface area contributed by atoms with E-state index in [0.29, 0.717) is 11.8 Å². The molecule has 0 saturated carbocycles. The van der Waals surface area contributed by atoms with Crippen LogP contribution in [-0.4, -0.2) is 58.0 Å². The largest absolute Gasteiger partial charge is 0.339 e. The van der Waals surface area contributed by atoms with Crippen molar-refractivity contribution in [1.82, 2.24) is 19.4 Å². The van der Waals surface area contributed by atoms with Crippen LogP contribution >= 0.6 is 11.3 Å². The van der Waals surface area contributed by atoms with Gasteiger partial charge in [0.2, 0.25) is 0 Å². The van der Waals surface area contributed by atoms with Gasteiger partial charge in [0.1, 0.15) is 0 Å². The van der Waals surface area contributed by atoms with Crippen molar-refractivity contribution in [1.29, 1.82) is 0 Å². The van der Waals surface area contributed by atoms with Crippen LogP contribution in [-0.2, 0) is 6.54 Å². The first-order valence-corrected chi connectivity index (χ1v) is 15.7. The topological polar surface area (TPSA) is 41.4 Å². The first-order chi connectivity index (χ1) is 18.9. The first-order valence-electron chi connectivity index (χ1n) is 14.9. The van der Waals surface area contributed by atoms with Gasteiger partial charge in [-0.15, -0.1) is 11.3 Å². The van der Waals surface area contributed by atoms with Gasteiger partial charge in [-0.05, 0) is 99.3 Å². The van der Waals surface area contributed by atoms with Crippen LogP contribution in [0.2, 0.25) is 0 Å². The summed E-state index contributed by atoms with van der Waals surface area (Å²) in [5, 5.41) is 1.26. The van der Waals surface area contributed by atoms with Crippen molar-refractivity contribution in [3.05, 3.63) is 54.1 Å². The molecule has 0 atom stereocenters. The maximum absolute atomic E-state index is 13.8. The molecule has 0 aliphatic carbocycles. The highest BCUT2D eigenvalue weighted by atomic mass is 32.1. The van der Waals surface area contributed by atoms with Crippen LogP contribution in [0.1, 0.15) is 70.2 Å². The fourth-order valence-electron chi connectivity index (χ4n) is 5.55. The number of aryl methyl sites for hydroxylation is 1. The molecule has 0 bridgehead atoms. The molecule has 2 aromatic heterocycles. The molecule has 5 nitrogen and oxygen atoms in total. The molecule has 1 fully saturated rings. The van der Waals surface area contributed by atoms with Crippen molar-refractivity contribution in [2.24, 2.45) is 11.8 Å². The molecule has 0 radical (unpaired) electrons. The van der Waals surface area contributed by atoms with E-state index >= 15 is 0 Å². The second-order valence-electron chi connectivity index (χ2n) is 12.0. The van der Waals surface area contributed by atoms with E-state index in [-0.39, 0.29) is 5.91 Å². The predicted molar refractivity (Wildman–Crippen MR) is 166 cm³/mol. The van der Waals surface area contributed by atoms with Crippen LogP contribution in [0.5, 0.6) is 0 Å². The van der Waals surface area contributed by atoms with E-state index in [2.05, 4.69) is 84.5 Å². The molecule has 1 saturated heterocycles.